The van der Waals surface area contributed by atoms with E-state index < -0.39 is 0 Å². The number of benzene rings is 3. The van der Waals surface area contributed by atoms with E-state index in [1.807, 2.05) is 12.3 Å². The number of nitrogens with one attached hydrogen (secondary N) is 2. The first-order valence-electron chi connectivity index (χ1n) is 10.0. The molecule has 0 bridgehead atoms. The van der Waals surface area contributed by atoms with E-state index in [1.165, 1.54) is 33.4 Å². The highest BCUT2D eigenvalue weighted by molar-refractivity contribution is 5.83. The molecular formula is C27H26N2. The van der Waals surface area contributed by atoms with Crippen molar-refractivity contribution in [3.63, 3.8) is 0 Å². The zero-order valence-corrected chi connectivity index (χ0v) is 16.7. The molecule has 2 N–H and O–H groups in total. The standard InChI is InChI=1S/C27H26N2/c1-3-20(4-2)24-16-25(21-9-6-5-7-10-21)18-26(17-24)22-11-8-12-23(15-22)27-13-14-28-19-29-27/h3-18,27-29H,1,19H2,2H3/b20-4+. The van der Waals surface area contributed by atoms with Gasteiger partial charge >= 0.3 is 0 Å². The van der Waals surface area contributed by atoms with Gasteiger partial charge in [0.15, 0.2) is 0 Å². The highest BCUT2D eigenvalue weighted by Gasteiger charge is 2.12. The number of allylic oxidation sites excluding steroid dienone is 3. The molecule has 3 aromatic carbocycles. The Balaban J connectivity index is 1.82. The molecule has 1 atom stereocenters. The summed E-state index contributed by atoms with van der Waals surface area (Å²) in [6.45, 7) is 6.84. The minimum absolute atomic E-state index is 0.229. The average Bonchev–Trinajstić information content (AvgIpc) is 2.81. The molecule has 1 heterocycles. The Hall–Kier alpha value is -3.36. The summed E-state index contributed by atoms with van der Waals surface area (Å²) in [5, 5.41) is 6.66. The van der Waals surface area contributed by atoms with E-state index in [0.717, 1.165) is 12.2 Å². The normalized spacial score (nSPS) is 16.3. The van der Waals surface area contributed by atoms with E-state index in [9.17, 15) is 0 Å². The van der Waals surface area contributed by atoms with Gasteiger partial charge in [0.1, 0.15) is 0 Å². The van der Waals surface area contributed by atoms with Gasteiger partial charge in [0.25, 0.3) is 0 Å². The van der Waals surface area contributed by atoms with Crippen LogP contribution in [0.1, 0.15) is 24.1 Å². The van der Waals surface area contributed by atoms with Crippen molar-refractivity contribution in [1.82, 2.24) is 10.6 Å². The second-order valence-corrected chi connectivity index (χ2v) is 7.16. The molecule has 1 aliphatic rings. The Morgan fingerprint density at radius 1 is 0.897 bits per heavy atom. The van der Waals surface area contributed by atoms with Crippen LogP contribution >= 0.6 is 0 Å². The van der Waals surface area contributed by atoms with Crippen LogP contribution in [0.15, 0.2) is 104 Å². The Bertz CT molecular complexity index is 1060. The molecule has 0 saturated heterocycles. The van der Waals surface area contributed by atoms with Gasteiger partial charge in [-0.2, -0.15) is 0 Å². The van der Waals surface area contributed by atoms with Crippen LogP contribution < -0.4 is 10.6 Å². The van der Waals surface area contributed by atoms with Crippen LogP contribution in [0.5, 0.6) is 0 Å². The van der Waals surface area contributed by atoms with Crippen molar-refractivity contribution in [2.24, 2.45) is 0 Å². The van der Waals surface area contributed by atoms with Crippen LogP contribution in [0.25, 0.3) is 27.8 Å². The Kier molecular flexibility index (Phi) is 5.73. The summed E-state index contributed by atoms with van der Waals surface area (Å²) in [7, 11) is 0. The lowest BCUT2D eigenvalue weighted by atomic mass is 9.92. The first-order valence-corrected chi connectivity index (χ1v) is 10.0. The molecule has 2 nitrogen and oxygen atoms in total. The van der Waals surface area contributed by atoms with Crippen LogP contribution in [-0.4, -0.2) is 6.67 Å². The zero-order valence-electron chi connectivity index (χ0n) is 16.7. The van der Waals surface area contributed by atoms with Crippen molar-refractivity contribution in [3.05, 3.63) is 115 Å². The van der Waals surface area contributed by atoms with E-state index in [2.05, 4.69) is 109 Å². The zero-order chi connectivity index (χ0) is 20.1. The molecule has 3 aromatic rings. The third-order valence-corrected chi connectivity index (χ3v) is 5.31. The highest BCUT2D eigenvalue weighted by atomic mass is 15.1. The lowest BCUT2D eigenvalue weighted by molar-refractivity contribution is 0.564. The maximum absolute atomic E-state index is 4.00. The van der Waals surface area contributed by atoms with Crippen molar-refractivity contribution in [2.75, 3.05) is 6.67 Å². The second kappa shape index (κ2) is 8.76. The van der Waals surface area contributed by atoms with Crippen LogP contribution in [0.2, 0.25) is 0 Å². The van der Waals surface area contributed by atoms with Crippen LogP contribution in [0, 0.1) is 0 Å². The van der Waals surface area contributed by atoms with Crippen LogP contribution in [-0.2, 0) is 0 Å². The van der Waals surface area contributed by atoms with Gasteiger partial charge in [0.2, 0.25) is 0 Å². The Morgan fingerprint density at radius 2 is 1.66 bits per heavy atom. The van der Waals surface area contributed by atoms with Gasteiger partial charge < -0.3 is 5.32 Å². The van der Waals surface area contributed by atoms with E-state index in [4.69, 9.17) is 0 Å². The summed E-state index contributed by atoms with van der Waals surface area (Å²) in [5.74, 6) is 0. The number of hydrogen-bond acceptors (Lipinski definition) is 2. The third kappa shape index (κ3) is 4.23. The molecule has 1 aliphatic heterocycles. The largest absolute Gasteiger partial charge is 0.379 e. The van der Waals surface area contributed by atoms with E-state index >= 15 is 0 Å². The molecule has 0 amide bonds. The topological polar surface area (TPSA) is 24.1 Å². The van der Waals surface area contributed by atoms with E-state index in [-0.39, 0.29) is 6.04 Å². The predicted octanol–water partition coefficient (Wildman–Crippen LogP) is 6.32. The van der Waals surface area contributed by atoms with Gasteiger partial charge in [-0.15, -0.1) is 0 Å². The third-order valence-electron chi connectivity index (χ3n) is 5.31. The van der Waals surface area contributed by atoms with Crippen LogP contribution in [0.4, 0.5) is 0 Å². The second-order valence-electron chi connectivity index (χ2n) is 7.16. The maximum Gasteiger partial charge on any atom is 0.0655 e. The molecule has 29 heavy (non-hydrogen) atoms. The molecule has 0 spiro atoms. The summed E-state index contributed by atoms with van der Waals surface area (Å²) >= 11 is 0. The lowest BCUT2D eigenvalue weighted by Gasteiger charge is -2.20. The highest BCUT2D eigenvalue weighted by Crippen LogP contribution is 2.32. The molecule has 0 radical (unpaired) electrons. The summed E-state index contributed by atoms with van der Waals surface area (Å²) in [4.78, 5) is 0. The molecule has 4 rings (SSSR count). The van der Waals surface area contributed by atoms with Gasteiger partial charge in [-0.25, -0.2) is 0 Å². The van der Waals surface area contributed by atoms with E-state index in [1.54, 1.807) is 0 Å². The molecule has 0 saturated carbocycles. The minimum Gasteiger partial charge on any atom is -0.379 e. The van der Waals surface area contributed by atoms with Crippen molar-refractivity contribution in [1.29, 1.82) is 0 Å². The number of hydrogen-bond donors (Lipinski definition) is 2. The fourth-order valence-corrected chi connectivity index (χ4v) is 3.76. The quantitative estimate of drug-likeness (QED) is 0.508. The molecular weight excluding hydrogens is 352 g/mol. The SMILES string of the molecule is C=C/C(=C\C)c1cc(-c2ccccc2)cc(-c2cccc(C3C=CNCN3)c2)c1. The van der Waals surface area contributed by atoms with Crippen molar-refractivity contribution in [3.8, 4) is 22.3 Å². The summed E-state index contributed by atoms with van der Waals surface area (Å²) in [6, 6.07) is 26.3. The summed E-state index contributed by atoms with van der Waals surface area (Å²) < 4.78 is 0. The lowest BCUT2D eigenvalue weighted by Crippen LogP contribution is -2.32. The Labute approximate surface area is 173 Å². The molecule has 0 fully saturated rings. The van der Waals surface area contributed by atoms with Crippen molar-refractivity contribution >= 4 is 5.57 Å². The maximum atomic E-state index is 4.00. The molecule has 2 heteroatoms. The molecule has 0 aromatic heterocycles. The molecule has 0 aliphatic carbocycles. The van der Waals surface area contributed by atoms with Crippen molar-refractivity contribution < 1.29 is 0 Å². The van der Waals surface area contributed by atoms with Gasteiger partial charge in [0.05, 0.1) is 12.7 Å². The van der Waals surface area contributed by atoms with Gasteiger partial charge in [-0.05, 0) is 82.4 Å². The fourth-order valence-electron chi connectivity index (χ4n) is 3.76. The van der Waals surface area contributed by atoms with Gasteiger partial charge in [-0.1, -0.05) is 67.3 Å². The average molecular weight is 379 g/mol. The predicted molar refractivity (Wildman–Crippen MR) is 124 cm³/mol. The Morgan fingerprint density at radius 3 is 2.34 bits per heavy atom. The van der Waals surface area contributed by atoms with Crippen LogP contribution in [0.3, 0.4) is 0 Å². The fraction of sp³-hybridized carbons (Fsp3) is 0.111. The first-order chi connectivity index (χ1) is 14.3. The smallest absolute Gasteiger partial charge is 0.0655 e. The first kappa shape index (κ1) is 19.0. The van der Waals surface area contributed by atoms with Crippen molar-refractivity contribution in [2.45, 2.75) is 13.0 Å². The summed E-state index contributed by atoms with van der Waals surface area (Å²) in [6.07, 6.45) is 8.21. The summed E-state index contributed by atoms with van der Waals surface area (Å²) in [5.41, 5.74) is 8.45. The molecule has 144 valence electrons. The van der Waals surface area contributed by atoms with Gasteiger partial charge in [-0.3, -0.25) is 5.32 Å². The minimum atomic E-state index is 0.229. The monoisotopic (exact) mass is 378 g/mol. The molecule has 1 unspecified atom stereocenters. The van der Waals surface area contributed by atoms with Gasteiger partial charge in [0, 0.05) is 0 Å². The van der Waals surface area contributed by atoms with E-state index in [0.29, 0.717) is 0 Å². The number of rotatable bonds is 5.